The number of hydrogen-bond acceptors (Lipinski definition) is 11. The Bertz CT molecular complexity index is 2320. The molecular weight excluding hydrogens is 773 g/mol. The van der Waals surface area contributed by atoms with Gasteiger partial charge in [-0.15, -0.1) is 0 Å². The van der Waals surface area contributed by atoms with Crippen molar-refractivity contribution in [1.82, 2.24) is 19.9 Å². The van der Waals surface area contributed by atoms with Crippen LogP contribution in [0.15, 0.2) is 132 Å². The largest absolute Gasteiger partial charge is 0.453 e. The molecule has 0 aliphatic heterocycles. The molecule has 12 nitrogen and oxygen atoms in total. The third kappa shape index (κ3) is 12.3. The average Bonchev–Trinajstić information content (AvgIpc) is 3.08. The van der Waals surface area contributed by atoms with Crippen LogP contribution in [0.1, 0.15) is 0 Å². The van der Waals surface area contributed by atoms with E-state index in [9.17, 15) is 25.6 Å². The van der Waals surface area contributed by atoms with Gasteiger partial charge < -0.3 is 15.2 Å². The Kier molecular flexibility index (Phi) is 13.4. The number of nitrogens with zero attached hydrogens (tertiary/aromatic N) is 4. The Morgan fingerprint density at radius 1 is 0.627 bits per heavy atom. The van der Waals surface area contributed by atoms with Crippen molar-refractivity contribution < 1.29 is 35.1 Å². The van der Waals surface area contributed by atoms with Crippen molar-refractivity contribution in [3.8, 4) is 23.0 Å². The minimum atomic E-state index is -3.85. The van der Waals surface area contributed by atoms with Crippen LogP contribution in [0.5, 0.6) is 23.0 Å². The predicted molar refractivity (Wildman–Crippen MR) is 188 cm³/mol. The predicted octanol–water partition coefficient (Wildman–Crippen LogP) is 8.12. The Labute approximate surface area is 305 Å². The molecule has 0 radical (unpaired) electrons. The van der Waals surface area contributed by atoms with Gasteiger partial charge in [0.25, 0.3) is 19.1 Å². The SMILES string of the molecule is Nc1ccc(Oc2cncc(Cl)c2)c(F)c1.O=S(=O)(Cl)c1cccnc1.O=S(=O)(Nc1ccc(Oc2cncc(Cl)c2)c(F)c1)c1cccnc1. The van der Waals surface area contributed by atoms with Crippen molar-refractivity contribution in [3.05, 3.63) is 144 Å². The van der Waals surface area contributed by atoms with Crippen LogP contribution in [-0.4, -0.2) is 36.8 Å². The molecule has 2 aromatic carbocycles. The molecule has 0 amide bonds. The third-order valence-corrected chi connectivity index (χ3v) is 8.93. The number of ether oxygens (including phenoxy) is 2. The van der Waals surface area contributed by atoms with Crippen LogP contribution in [-0.2, 0) is 19.1 Å². The van der Waals surface area contributed by atoms with Gasteiger partial charge in [0.15, 0.2) is 23.1 Å². The number of anilines is 2. The Morgan fingerprint density at radius 3 is 1.57 bits per heavy atom. The summed E-state index contributed by atoms with van der Waals surface area (Å²) in [5.74, 6) is -0.649. The lowest BCUT2D eigenvalue weighted by atomic mass is 10.3. The Hall–Kier alpha value is -5.13. The smallest absolute Gasteiger partial charge is 0.263 e. The van der Waals surface area contributed by atoms with Crippen molar-refractivity contribution >= 4 is 64.3 Å². The minimum Gasteiger partial charge on any atom is -0.453 e. The van der Waals surface area contributed by atoms with Gasteiger partial charge in [-0.25, -0.2) is 25.6 Å². The summed E-state index contributed by atoms with van der Waals surface area (Å²) in [4.78, 5) is 15.0. The molecule has 0 spiro atoms. The number of halogens is 5. The fourth-order valence-electron chi connectivity index (χ4n) is 3.61. The molecule has 0 aliphatic carbocycles. The second-order valence-electron chi connectivity index (χ2n) is 9.64. The number of pyridine rings is 4. The summed E-state index contributed by atoms with van der Waals surface area (Å²) in [5.41, 5.74) is 5.81. The van der Waals surface area contributed by atoms with Crippen molar-refractivity contribution in [1.29, 1.82) is 0 Å². The van der Waals surface area contributed by atoms with E-state index in [1.165, 1.54) is 104 Å². The molecular formula is C32H23Cl3F2N6O6S2. The quantitative estimate of drug-likeness (QED) is 0.112. The fraction of sp³-hybridized carbons (Fsp3) is 0. The van der Waals surface area contributed by atoms with E-state index in [0.29, 0.717) is 21.5 Å². The van der Waals surface area contributed by atoms with E-state index >= 15 is 0 Å². The first-order valence-electron chi connectivity index (χ1n) is 13.9. The van der Waals surface area contributed by atoms with Gasteiger partial charge in [0.2, 0.25) is 0 Å². The second kappa shape index (κ2) is 17.7. The topological polar surface area (TPSA) is 176 Å². The van der Waals surface area contributed by atoms with Crippen LogP contribution in [0.3, 0.4) is 0 Å². The normalized spacial score (nSPS) is 10.8. The number of hydrogen-bond donors (Lipinski definition) is 2. The van der Waals surface area contributed by atoms with Crippen LogP contribution in [0.25, 0.3) is 0 Å². The first-order valence-corrected chi connectivity index (χ1v) is 18.4. The zero-order chi connectivity index (χ0) is 37.0. The summed E-state index contributed by atoms with van der Waals surface area (Å²) >= 11 is 11.5. The van der Waals surface area contributed by atoms with Gasteiger partial charge in [-0.05, 0) is 48.5 Å². The maximum Gasteiger partial charge on any atom is 0.263 e. The van der Waals surface area contributed by atoms with Crippen LogP contribution < -0.4 is 19.9 Å². The molecule has 0 unspecified atom stereocenters. The molecule has 0 saturated carbocycles. The molecule has 51 heavy (non-hydrogen) atoms. The lowest BCUT2D eigenvalue weighted by molar-refractivity contribution is 0.441. The Morgan fingerprint density at radius 2 is 1.14 bits per heavy atom. The van der Waals surface area contributed by atoms with E-state index in [0.717, 1.165) is 6.07 Å². The first kappa shape index (κ1) is 38.7. The van der Waals surface area contributed by atoms with Crippen LogP contribution >= 0.6 is 33.9 Å². The molecule has 0 atom stereocenters. The molecule has 6 rings (SSSR count). The summed E-state index contributed by atoms with van der Waals surface area (Å²) in [6.45, 7) is 0. The highest BCUT2D eigenvalue weighted by atomic mass is 35.7. The van der Waals surface area contributed by atoms with Gasteiger partial charge in [0.05, 0.1) is 28.1 Å². The summed E-state index contributed by atoms with van der Waals surface area (Å²) in [5, 5.41) is 0.770. The fourth-order valence-corrected chi connectivity index (χ4v) is 5.65. The van der Waals surface area contributed by atoms with E-state index < -0.39 is 30.7 Å². The van der Waals surface area contributed by atoms with Crippen molar-refractivity contribution in [2.24, 2.45) is 0 Å². The van der Waals surface area contributed by atoms with Gasteiger partial charge >= 0.3 is 0 Å². The molecule has 4 heterocycles. The third-order valence-electron chi connectivity index (χ3n) is 5.82. The summed E-state index contributed by atoms with van der Waals surface area (Å²) < 4.78 is 86.0. The maximum atomic E-state index is 14.2. The van der Waals surface area contributed by atoms with Crippen molar-refractivity contribution in [2.45, 2.75) is 9.79 Å². The second-order valence-corrected chi connectivity index (χ2v) is 14.8. The monoisotopic (exact) mass is 794 g/mol. The lowest BCUT2D eigenvalue weighted by Gasteiger charge is -2.10. The summed E-state index contributed by atoms with van der Waals surface area (Å²) in [6, 6.07) is 16.7. The molecule has 0 bridgehead atoms. The number of aromatic nitrogens is 4. The molecule has 0 saturated heterocycles. The zero-order valence-corrected chi connectivity index (χ0v) is 29.5. The van der Waals surface area contributed by atoms with Crippen LogP contribution in [0, 0.1) is 11.6 Å². The average molecular weight is 796 g/mol. The first-order chi connectivity index (χ1) is 24.2. The molecule has 0 aliphatic rings. The summed E-state index contributed by atoms with van der Waals surface area (Å²) in [6.07, 6.45) is 11.0. The number of nitrogen functional groups attached to an aromatic ring is 1. The van der Waals surface area contributed by atoms with E-state index in [1.807, 2.05) is 0 Å². The van der Waals surface area contributed by atoms with E-state index in [4.69, 9.17) is 49.1 Å². The van der Waals surface area contributed by atoms with Crippen molar-refractivity contribution in [3.63, 3.8) is 0 Å². The van der Waals surface area contributed by atoms with E-state index in [-0.39, 0.29) is 32.7 Å². The molecule has 4 aromatic heterocycles. The van der Waals surface area contributed by atoms with Crippen LogP contribution in [0.4, 0.5) is 20.2 Å². The number of sulfonamides is 1. The number of nitrogens with two attached hydrogens (primary N) is 1. The lowest BCUT2D eigenvalue weighted by Crippen LogP contribution is -2.13. The van der Waals surface area contributed by atoms with E-state index in [1.54, 1.807) is 12.1 Å². The molecule has 3 N–H and O–H groups in total. The standard InChI is InChI=1S/C16H11ClFN3O3S.C11H8ClFN2O.C5H4ClNO2S/c17-11-6-13(9-20-8-11)24-16-4-3-12(7-15(16)18)21-25(22,23)14-2-1-5-19-10-14;12-7-3-9(6-15-5-7)16-11-2-1-8(14)4-10(11)13;6-10(8,9)5-2-1-3-7-4-5/h1-10,21H;1-6H,14H2;1-4H. The van der Waals surface area contributed by atoms with Gasteiger partial charge in [-0.3, -0.25) is 24.7 Å². The molecule has 264 valence electrons. The molecule has 0 fully saturated rings. The minimum absolute atomic E-state index is 0.0247. The highest BCUT2D eigenvalue weighted by Gasteiger charge is 2.16. The van der Waals surface area contributed by atoms with Gasteiger partial charge in [0, 0.05) is 77.8 Å². The van der Waals surface area contributed by atoms with Gasteiger partial charge in [-0.1, -0.05) is 23.2 Å². The summed E-state index contributed by atoms with van der Waals surface area (Å²) in [7, 11) is -2.46. The number of benzene rings is 2. The molecule has 6 aromatic rings. The number of rotatable bonds is 8. The highest BCUT2D eigenvalue weighted by molar-refractivity contribution is 8.13. The zero-order valence-electron chi connectivity index (χ0n) is 25.6. The Balaban J connectivity index is 0.000000191. The van der Waals surface area contributed by atoms with E-state index in [2.05, 4.69) is 24.7 Å². The maximum absolute atomic E-state index is 14.2. The number of nitrogens with one attached hydrogen (secondary N) is 1. The van der Waals surface area contributed by atoms with Gasteiger partial charge in [-0.2, -0.15) is 0 Å². The van der Waals surface area contributed by atoms with Gasteiger partial charge in [0.1, 0.15) is 21.3 Å². The van der Waals surface area contributed by atoms with Crippen molar-refractivity contribution in [2.75, 3.05) is 10.5 Å². The molecule has 19 heteroatoms. The van der Waals surface area contributed by atoms with Crippen LogP contribution in [0.2, 0.25) is 10.0 Å². The highest BCUT2D eigenvalue weighted by Crippen LogP contribution is 2.29.